The number of H-pyrrole nitrogens is 1. The van der Waals surface area contributed by atoms with E-state index in [4.69, 9.17) is 0 Å². The lowest BCUT2D eigenvalue weighted by atomic mass is 10.0. The summed E-state index contributed by atoms with van der Waals surface area (Å²) in [7, 11) is 0. The molecule has 1 fully saturated rings. The molecule has 0 aliphatic carbocycles. The normalized spacial score (nSPS) is 18.2. The fourth-order valence-corrected chi connectivity index (χ4v) is 3.54. The van der Waals surface area contributed by atoms with Crippen LogP contribution in [0.5, 0.6) is 0 Å². The van der Waals surface area contributed by atoms with Crippen molar-refractivity contribution >= 4 is 16.8 Å². The van der Waals surface area contributed by atoms with Crippen LogP contribution in [0.25, 0.3) is 10.9 Å². The highest BCUT2D eigenvalue weighted by Gasteiger charge is 2.28. The van der Waals surface area contributed by atoms with Gasteiger partial charge in [0.15, 0.2) is 0 Å². The van der Waals surface area contributed by atoms with Crippen LogP contribution in [-0.4, -0.2) is 48.9 Å². The molecule has 124 valence electrons. The van der Waals surface area contributed by atoms with Gasteiger partial charge in [0, 0.05) is 18.5 Å². The van der Waals surface area contributed by atoms with Gasteiger partial charge in [-0.15, -0.1) is 0 Å². The highest BCUT2D eigenvalue weighted by atomic mass is 16.2. The minimum Gasteiger partial charge on any atom is -0.336 e. The summed E-state index contributed by atoms with van der Waals surface area (Å²) in [6.07, 6.45) is 3.72. The number of fused-ring (bicyclic) bond motifs is 1. The lowest BCUT2D eigenvalue weighted by molar-refractivity contribution is 0.0673. The molecule has 1 saturated heterocycles. The Morgan fingerprint density at radius 1 is 1.33 bits per heavy atom. The molecule has 3 heterocycles. The fourth-order valence-electron chi connectivity index (χ4n) is 3.54. The van der Waals surface area contributed by atoms with E-state index >= 15 is 0 Å². The zero-order valence-corrected chi connectivity index (χ0v) is 13.9. The molecular formula is C17H20N6O. The van der Waals surface area contributed by atoms with Gasteiger partial charge in [-0.1, -0.05) is 12.1 Å². The Bertz CT molecular complexity index is 896. The van der Waals surface area contributed by atoms with E-state index in [0.717, 1.165) is 41.9 Å². The van der Waals surface area contributed by atoms with E-state index in [0.29, 0.717) is 12.1 Å². The van der Waals surface area contributed by atoms with Gasteiger partial charge in [0.25, 0.3) is 5.91 Å². The van der Waals surface area contributed by atoms with Gasteiger partial charge in [-0.2, -0.15) is 10.2 Å². The summed E-state index contributed by atoms with van der Waals surface area (Å²) in [5.41, 5.74) is 1.48. The smallest absolute Gasteiger partial charge is 0.256 e. The highest BCUT2D eigenvalue weighted by Crippen LogP contribution is 2.25. The molecule has 0 spiro atoms. The van der Waals surface area contributed by atoms with Crippen LogP contribution in [0.3, 0.4) is 0 Å². The number of nitrogens with one attached hydrogen (secondary N) is 1. The Morgan fingerprint density at radius 2 is 2.21 bits per heavy atom. The number of aryl methyl sites for hydroxylation is 2. The number of para-hydroxylation sites is 1. The molecule has 0 saturated carbocycles. The molecule has 7 nitrogen and oxygen atoms in total. The van der Waals surface area contributed by atoms with Crippen LogP contribution in [0.15, 0.2) is 24.4 Å². The molecule has 0 radical (unpaired) electrons. The molecule has 1 amide bonds. The summed E-state index contributed by atoms with van der Waals surface area (Å²) in [4.78, 5) is 19.3. The van der Waals surface area contributed by atoms with Crippen LogP contribution in [-0.2, 0) is 0 Å². The third-order valence-corrected chi connectivity index (χ3v) is 4.64. The highest BCUT2D eigenvalue weighted by molar-refractivity contribution is 6.05. The van der Waals surface area contributed by atoms with E-state index in [2.05, 4.69) is 20.3 Å². The number of carbonyl (C=O) groups is 1. The molecule has 2 aromatic heterocycles. The van der Waals surface area contributed by atoms with Gasteiger partial charge in [-0.3, -0.25) is 9.89 Å². The average molecular weight is 324 g/mol. The minimum absolute atomic E-state index is 0.0454. The first-order valence-electron chi connectivity index (χ1n) is 8.24. The Balaban J connectivity index is 1.61. The van der Waals surface area contributed by atoms with Gasteiger partial charge in [0.2, 0.25) is 0 Å². The minimum atomic E-state index is 0.0454. The van der Waals surface area contributed by atoms with Crippen molar-refractivity contribution in [1.82, 2.24) is 29.9 Å². The monoisotopic (exact) mass is 324 g/mol. The number of nitrogens with zero attached hydrogens (tertiary/aromatic N) is 5. The number of rotatable bonds is 2. The average Bonchev–Trinajstić information content (AvgIpc) is 3.20. The second-order valence-corrected chi connectivity index (χ2v) is 6.34. The number of carbonyl (C=O) groups excluding carboxylic acids is 1. The van der Waals surface area contributed by atoms with E-state index in [1.165, 1.54) is 0 Å². The Kier molecular flexibility index (Phi) is 3.55. The van der Waals surface area contributed by atoms with Gasteiger partial charge in [0.05, 0.1) is 23.3 Å². The maximum absolute atomic E-state index is 13.0. The van der Waals surface area contributed by atoms with Crippen LogP contribution in [0, 0.1) is 13.8 Å². The molecule has 4 rings (SSSR count). The van der Waals surface area contributed by atoms with E-state index in [1.54, 1.807) is 6.20 Å². The maximum atomic E-state index is 13.0. The second kappa shape index (κ2) is 5.74. The SMILES string of the molecule is Cc1nc(C)n([C@H]2CCCN(C(=O)c3cccc4cn[nH]c34)C2)n1. The van der Waals surface area contributed by atoms with Crippen LogP contribution in [0.1, 0.15) is 40.9 Å². The first kappa shape index (κ1) is 14.9. The van der Waals surface area contributed by atoms with Crippen molar-refractivity contribution < 1.29 is 4.79 Å². The number of hydrogen-bond donors (Lipinski definition) is 1. The quantitative estimate of drug-likeness (QED) is 0.784. The van der Waals surface area contributed by atoms with Crippen molar-refractivity contribution in [2.75, 3.05) is 13.1 Å². The zero-order chi connectivity index (χ0) is 16.7. The standard InChI is InChI=1S/C17H20N6O/c1-11-19-12(2)23(21-11)14-6-4-8-22(10-14)17(24)15-7-3-5-13-9-18-20-16(13)15/h3,5,7,9,14H,4,6,8,10H2,1-2H3,(H,18,20)/t14-/m0/s1. The summed E-state index contributed by atoms with van der Waals surface area (Å²) in [6.45, 7) is 5.29. The maximum Gasteiger partial charge on any atom is 0.256 e. The van der Waals surface area contributed by atoms with Crippen LogP contribution in [0.2, 0.25) is 0 Å². The van der Waals surface area contributed by atoms with Crippen molar-refractivity contribution in [2.45, 2.75) is 32.7 Å². The summed E-state index contributed by atoms with van der Waals surface area (Å²) < 4.78 is 1.96. The van der Waals surface area contributed by atoms with E-state index in [1.807, 2.05) is 41.6 Å². The molecule has 0 unspecified atom stereocenters. The number of likely N-dealkylation sites (tertiary alicyclic amines) is 1. The van der Waals surface area contributed by atoms with Gasteiger partial charge in [-0.25, -0.2) is 9.67 Å². The Hall–Kier alpha value is -2.70. The zero-order valence-electron chi connectivity index (χ0n) is 13.9. The van der Waals surface area contributed by atoms with Crippen molar-refractivity contribution in [3.05, 3.63) is 41.6 Å². The number of hydrogen-bond acceptors (Lipinski definition) is 4. The number of benzene rings is 1. The Labute approximate surface area is 139 Å². The largest absolute Gasteiger partial charge is 0.336 e. The van der Waals surface area contributed by atoms with E-state index < -0.39 is 0 Å². The van der Waals surface area contributed by atoms with Gasteiger partial charge in [0.1, 0.15) is 11.6 Å². The number of piperidine rings is 1. The van der Waals surface area contributed by atoms with Crippen molar-refractivity contribution in [3.63, 3.8) is 0 Å². The molecule has 3 aromatic rings. The number of aromatic amines is 1. The van der Waals surface area contributed by atoms with Crippen molar-refractivity contribution in [2.24, 2.45) is 0 Å². The van der Waals surface area contributed by atoms with Crippen LogP contribution in [0.4, 0.5) is 0 Å². The van der Waals surface area contributed by atoms with Crippen molar-refractivity contribution in [3.8, 4) is 0 Å². The van der Waals surface area contributed by atoms with Gasteiger partial charge in [-0.05, 0) is 32.8 Å². The molecule has 1 aromatic carbocycles. The molecule has 1 N–H and O–H groups in total. The third-order valence-electron chi connectivity index (χ3n) is 4.64. The summed E-state index contributed by atoms with van der Waals surface area (Å²) >= 11 is 0. The van der Waals surface area contributed by atoms with E-state index in [-0.39, 0.29) is 11.9 Å². The second-order valence-electron chi connectivity index (χ2n) is 6.34. The first-order valence-corrected chi connectivity index (χ1v) is 8.24. The fraction of sp³-hybridized carbons (Fsp3) is 0.412. The number of aromatic nitrogens is 5. The van der Waals surface area contributed by atoms with Gasteiger partial charge < -0.3 is 4.90 Å². The summed E-state index contributed by atoms with van der Waals surface area (Å²) in [5, 5.41) is 12.4. The van der Waals surface area contributed by atoms with E-state index in [9.17, 15) is 4.79 Å². The third kappa shape index (κ3) is 2.46. The van der Waals surface area contributed by atoms with Crippen molar-refractivity contribution in [1.29, 1.82) is 0 Å². The van der Waals surface area contributed by atoms with Gasteiger partial charge >= 0.3 is 0 Å². The molecule has 24 heavy (non-hydrogen) atoms. The lowest BCUT2D eigenvalue weighted by Crippen LogP contribution is -2.41. The topological polar surface area (TPSA) is 79.7 Å². The lowest BCUT2D eigenvalue weighted by Gasteiger charge is -2.33. The van der Waals surface area contributed by atoms with Crippen LogP contribution < -0.4 is 0 Å². The Morgan fingerprint density at radius 3 is 3.00 bits per heavy atom. The molecule has 1 aliphatic heterocycles. The summed E-state index contributed by atoms with van der Waals surface area (Å²) in [6, 6.07) is 5.90. The molecule has 0 bridgehead atoms. The molecule has 1 atom stereocenters. The summed E-state index contributed by atoms with van der Waals surface area (Å²) in [5.74, 6) is 1.73. The molecular weight excluding hydrogens is 304 g/mol. The predicted molar refractivity (Wildman–Crippen MR) is 89.8 cm³/mol. The first-order chi connectivity index (χ1) is 11.6. The molecule has 7 heteroatoms. The van der Waals surface area contributed by atoms with Crippen LogP contribution >= 0.6 is 0 Å². The number of amides is 1. The molecule has 1 aliphatic rings. The predicted octanol–water partition coefficient (Wildman–Crippen LogP) is 2.25.